The van der Waals surface area contributed by atoms with Gasteiger partial charge in [0.2, 0.25) is 11.8 Å². The summed E-state index contributed by atoms with van der Waals surface area (Å²) in [6.07, 6.45) is -0.969. The molecule has 2 amide bonds. The molecule has 0 aliphatic carbocycles. The van der Waals surface area contributed by atoms with Gasteiger partial charge in [0.25, 0.3) is 0 Å². The number of alkyl halides is 3. The van der Waals surface area contributed by atoms with Gasteiger partial charge >= 0.3 is 6.18 Å². The summed E-state index contributed by atoms with van der Waals surface area (Å²) in [6.45, 7) is 0. The third-order valence-corrected chi connectivity index (χ3v) is 7.17. The lowest BCUT2D eigenvalue weighted by molar-refractivity contribution is -0.137. The first-order valence-corrected chi connectivity index (χ1v) is 11.5. The summed E-state index contributed by atoms with van der Waals surface area (Å²) in [6, 6.07) is 18.5. The van der Waals surface area contributed by atoms with Gasteiger partial charge in [0.05, 0.1) is 29.1 Å². The number of imide groups is 1. The van der Waals surface area contributed by atoms with Gasteiger partial charge in [-0.3, -0.25) is 14.4 Å². The van der Waals surface area contributed by atoms with Crippen molar-refractivity contribution in [2.75, 3.05) is 9.80 Å². The van der Waals surface area contributed by atoms with E-state index in [1.54, 1.807) is 36.4 Å². The van der Waals surface area contributed by atoms with Gasteiger partial charge in [-0.2, -0.15) is 13.2 Å². The third-order valence-electron chi connectivity index (χ3n) is 7.17. The third kappa shape index (κ3) is 3.21. The highest BCUT2D eigenvalue weighted by Gasteiger charge is 2.64. The average molecular weight is 488 g/mol. The Morgan fingerprint density at radius 1 is 0.806 bits per heavy atom. The quantitative estimate of drug-likeness (QED) is 0.386. The molecule has 0 aromatic heterocycles. The molecule has 5 nitrogen and oxygen atoms in total. The molecule has 0 spiro atoms. The number of rotatable bonds is 3. The summed E-state index contributed by atoms with van der Waals surface area (Å²) in [5.74, 6) is -3.54. The van der Waals surface area contributed by atoms with Gasteiger partial charge in [-0.25, -0.2) is 4.90 Å². The lowest BCUT2D eigenvalue weighted by Gasteiger charge is -2.36. The monoisotopic (exact) mass is 488 g/mol. The number of anilines is 2. The van der Waals surface area contributed by atoms with Crippen LogP contribution in [0.2, 0.25) is 0 Å². The molecule has 3 aliphatic rings. The first kappa shape index (κ1) is 22.3. The molecule has 2 fully saturated rings. The summed E-state index contributed by atoms with van der Waals surface area (Å²) in [4.78, 5) is 44.0. The summed E-state index contributed by atoms with van der Waals surface area (Å²) in [7, 11) is 0. The van der Waals surface area contributed by atoms with Crippen molar-refractivity contribution in [3.63, 3.8) is 0 Å². The van der Waals surface area contributed by atoms with E-state index in [-0.39, 0.29) is 11.5 Å². The summed E-state index contributed by atoms with van der Waals surface area (Å²) < 4.78 is 40.0. The number of hydrogen-bond donors (Lipinski definition) is 0. The highest BCUT2D eigenvalue weighted by atomic mass is 19.4. The van der Waals surface area contributed by atoms with Gasteiger partial charge in [-0.1, -0.05) is 66.7 Å². The number of para-hydroxylation sites is 1. The molecule has 3 heterocycles. The minimum absolute atomic E-state index is 0.146. The maximum Gasteiger partial charge on any atom is 0.416 e. The van der Waals surface area contributed by atoms with Crippen molar-refractivity contribution in [1.82, 2.24) is 0 Å². The molecule has 8 heteroatoms. The first-order chi connectivity index (χ1) is 17.3. The Morgan fingerprint density at radius 2 is 1.50 bits per heavy atom. The van der Waals surface area contributed by atoms with Crippen LogP contribution in [0.15, 0.2) is 84.9 Å². The van der Waals surface area contributed by atoms with Gasteiger partial charge < -0.3 is 4.90 Å². The zero-order valence-electron chi connectivity index (χ0n) is 18.7. The molecule has 3 aromatic rings. The molecule has 36 heavy (non-hydrogen) atoms. The standard InChI is InChI=1S/C28H19F3N2O3/c29-28(30,31)18-10-6-11-19(15-18)32-26(35)22-21-14-13-16-7-4-5-12-20(16)33(21)24(23(22)27(32)36)25(34)17-8-2-1-3-9-17/h1-15,21-24H. The van der Waals surface area contributed by atoms with E-state index in [1.807, 2.05) is 35.2 Å². The van der Waals surface area contributed by atoms with E-state index in [9.17, 15) is 27.6 Å². The number of benzene rings is 3. The van der Waals surface area contributed by atoms with E-state index in [2.05, 4.69) is 0 Å². The number of halogens is 3. The van der Waals surface area contributed by atoms with E-state index in [0.29, 0.717) is 5.56 Å². The molecule has 0 radical (unpaired) electrons. The zero-order chi connectivity index (χ0) is 25.2. The molecular formula is C28H19F3N2O3. The van der Waals surface area contributed by atoms with Crippen molar-refractivity contribution in [2.45, 2.75) is 18.3 Å². The molecule has 4 atom stereocenters. The van der Waals surface area contributed by atoms with Gasteiger partial charge in [0, 0.05) is 11.3 Å². The fourth-order valence-electron chi connectivity index (χ4n) is 5.66. The van der Waals surface area contributed by atoms with E-state index < -0.39 is 47.5 Å². The number of hydrogen-bond acceptors (Lipinski definition) is 4. The summed E-state index contributed by atoms with van der Waals surface area (Å²) >= 11 is 0. The van der Waals surface area contributed by atoms with Crippen molar-refractivity contribution >= 4 is 35.0 Å². The Balaban J connectivity index is 1.48. The number of nitrogens with zero attached hydrogens (tertiary/aromatic N) is 2. The number of ketones is 1. The largest absolute Gasteiger partial charge is 0.416 e. The van der Waals surface area contributed by atoms with Crippen LogP contribution in [0.4, 0.5) is 24.5 Å². The van der Waals surface area contributed by atoms with Crippen LogP contribution in [0.3, 0.4) is 0 Å². The van der Waals surface area contributed by atoms with Crippen molar-refractivity contribution in [3.8, 4) is 0 Å². The molecule has 180 valence electrons. The molecule has 0 saturated carbocycles. The second kappa shape index (κ2) is 7.91. The molecular weight excluding hydrogens is 469 g/mol. The van der Waals surface area contributed by atoms with Crippen LogP contribution in [0.5, 0.6) is 0 Å². The Hall–Kier alpha value is -4.20. The smallest absolute Gasteiger partial charge is 0.352 e. The van der Waals surface area contributed by atoms with E-state index in [0.717, 1.165) is 28.3 Å². The molecule has 0 N–H and O–H groups in total. The number of amides is 2. The van der Waals surface area contributed by atoms with Crippen molar-refractivity contribution in [1.29, 1.82) is 0 Å². The Morgan fingerprint density at radius 3 is 2.25 bits per heavy atom. The van der Waals surface area contributed by atoms with Gasteiger partial charge in [-0.05, 0) is 29.8 Å². The van der Waals surface area contributed by atoms with E-state index in [4.69, 9.17) is 0 Å². The van der Waals surface area contributed by atoms with Crippen LogP contribution < -0.4 is 9.80 Å². The Labute approximate surface area is 204 Å². The summed E-state index contributed by atoms with van der Waals surface area (Å²) in [5, 5.41) is 0. The van der Waals surface area contributed by atoms with Crippen LogP contribution in [0.25, 0.3) is 6.08 Å². The van der Waals surface area contributed by atoms with Crippen LogP contribution in [0.1, 0.15) is 21.5 Å². The maximum atomic E-state index is 13.8. The highest BCUT2D eigenvalue weighted by molar-refractivity contribution is 6.25. The van der Waals surface area contributed by atoms with Crippen LogP contribution in [-0.2, 0) is 15.8 Å². The molecule has 3 aromatic carbocycles. The normalized spacial score (nSPS) is 24.5. The molecule has 0 bridgehead atoms. The molecule has 6 rings (SSSR count). The van der Waals surface area contributed by atoms with Crippen molar-refractivity contribution < 1.29 is 27.6 Å². The second-order valence-corrected chi connectivity index (χ2v) is 9.10. The van der Waals surface area contributed by atoms with E-state index in [1.165, 1.54) is 12.1 Å². The van der Waals surface area contributed by atoms with Crippen LogP contribution in [0, 0.1) is 11.8 Å². The minimum Gasteiger partial charge on any atom is -0.352 e. The number of Topliss-reactive ketones (excluding diaryl/α,β-unsaturated/α-hetero) is 1. The molecule has 4 unspecified atom stereocenters. The predicted molar refractivity (Wildman–Crippen MR) is 127 cm³/mol. The first-order valence-electron chi connectivity index (χ1n) is 11.5. The molecule has 3 aliphatic heterocycles. The van der Waals surface area contributed by atoms with Crippen LogP contribution in [-0.4, -0.2) is 29.7 Å². The minimum atomic E-state index is -4.63. The SMILES string of the molecule is O=C(c1ccccc1)C1C2C(=O)N(c3cccc(C(F)(F)F)c3)C(=O)C2C2C=Cc3ccccc3N21. The number of carbonyl (C=O) groups is 3. The van der Waals surface area contributed by atoms with Gasteiger partial charge in [-0.15, -0.1) is 0 Å². The van der Waals surface area contributed by atoms with Crippen LogP contribution >= 0.6 is 0 Å². The highest BCUT2D eigenvalue weighted by Crippen LogP contribution is 2.50. The summed E-state index contributed by atoms with van der Waals surface area (Å²) in [5.41, 5.74) is 0.885. The lowest BCUT2D eigenvalue weighted by atomic mass is 9.86. The average Bonchev–Trinajstić information content (AvgIpc) is 3.36. The van der Waals surface area contributed by atoms with Crippen molar-refractivity contribution in [3.05, 3.63) is 102 Å². The predicted octanol–water partition coefficient (Wildman–Crippen LogP) is 4.98. The maximum absolute atomic E-state index is 13.8. The topological polar surface area (TPSA) is 57.7 Å². The number of carbonyl (C=O) groups excluding carboxylic acids is 3. The fourth-order valence-corrected chi connectivity index (χ4v) is 5.66. The molecule has 2 saturated heterocycles. The number of fused-ring (bicyclic) bond motifs is 5. The van der Waals surface area contributed by atoms with Gasteiger partial charge in [0.15, 0.2) is 5.78 Å². The van der Waals surface area contributed by atoms with Crippen molar-refractivity contribution in [2.24, 2.45) is 11.8 Å². The van der Waals surface area contributed by atoms with E-state index >= 15 is 0 Å². The Kier molecular flexibility index (Phi) is 4.90. The van der Waals surface area contributed by atoms with Gasteiger partial charge in [0.1, 0.15) is 6.04 Å². The zero-order valence-corrected chi connectivity index (χ0v) is 18.7. The Bertz CT molecular complexity index is 1430. The fraction of sp³-hybridized carbons (Fsp3) is 0.179. The second-order valence-electron chi connectivity index (χ2n) is 9.10. The lowest BCUT2D eigenvalue weighted by Crippen LogP contribution is -2.48.